The highest BCUT2D eigenvalue weighted by molar-refractivity contribution is 6.33. The number of Topliss-reactive ketones (excluding diaryl/α,β-unsaturated/α-hetero) is 1. The van der Waals surface area contributed by atoms with Crippen LogP contribution in [-0.2, 0) is 4.79 Å². The standard InChI is InChI=1S/C25H20Cl2O/c1-15(23-19-9-5-3-7-17(19)11-13-21(23)26)25(28)16(2)24-20-10-6-4-8-18(20)12-14-22(24)27/h3-16H,1-2H3. The predicted molar refractivity (Wildman–Crippen MR) is 120 cm³/mol. The molecule has 0 aliphatic rings. The smallest absolute Gasteiger partial charge is 0.147 e. The lowest BCUT2D eigenvalue weighted by Gasteiger charge is -2.21. The Balaban J connectivity index is 1.81. The van der Waals surface area contributed by atoms with E-state index < -0.39 is 0 Å². The van der Waals surface area contributed by atoms with Crippen molar-refractivity contribution in [3.8, 4) is 0 Å². The van der Waals surface area contributed by atoms with Crippen molar-refractivity contribution >= 4 is 50.5 Å². The number of carbonyl (C=O) groups excluding carboxylic acids is 1. The van der Waals surface area contributed by atoms with Gasteiger partial charge < -0.3 is 0 Å². The molecule has 0 bridgehead atoms. The quantitative estimate of drug-likeness (QED) is 0.338. The van der Waals surface area contributed by atoms with Gasteiger partial charge in [-0.05, 0) is 44.8 Å². The molecule has 0 radical (unpaired) electrons. The largest absolute Gasteiger partial charge is 0.298 e. The van der Waals surface area contributed by atoms with Crippen LogP contribution in [0.25, 0.3) is 21.5 Å². The highest BCUT2D eigenvalue weighted by Gasteiger charge is 2.28. The van der Waals surface area contributed by atoms with Gasteiger partial charge in [0.15, 0.2) is 0 Å². The molecule has 1 nitrogen and oxygen atoms in total. The van der Waals surface area contributed by atoms with E-state index in [0.717, 1.165) is 32.7 Å². The topological polar surface area (TPSA) is 17.1 Å². The van der Waals surface area contributed by atoms with Crippen molar-refractivity contribution in [2.24, 2.45) is 0 Å². The van der Waals surface area contributed by atoms with E-state index in [9.17, 15) is 4.79 Å². The van der Waals surface area contributed by atoms with Gasteiger partial charge in [-0.2, -0.15) is 0 Å². The fourth-order valence-electron chi connectivity index (χ4n) is 4.08. The van der Waals surface area contributed by atoms with Crippen molar-refractivity contribution in [3.05, 3.63) is 94.0 Å². The van der Waals surface area contributed by atoms with Crippen molar-refractivity contribution in [2.75, 3.05) is 0 Å². The molecule has 0 aliphatic heterocycles. The summed E-state index contributed by atoms with van der Waals surface area (Å²) in [6.45, 7) is 3.87. The number of hydrogen-bond acceptors (Lipinski definition) is 1. The van der Waals surface area contributed by atoms with Gasteiger partial charge in [-0.1, -0.05) is 97.7 Å². The maximum atomic E-state index is 13.5. The molecule has 2 unspecified atom stereocenters. The van der Waals surface area contributed by atoms with Crippen molar-refractivity contribution in [2.45, 2.75) is 25.7 Å². The van der Waals surface area contributed by atoms with E-state index in [1.807, 2.05) is 86.6 Å². The van der Waals surface area contributed by atoms with Gasteiger partial charge in [0.2, 0.25) is 0 Å². The number of benzene rings is 4. The Morgan fingerprint density at radius 3 is 1.46 bits per heavy atom. The Hall–Kier alpha value is -2.35. The van der Waals surface area contributed by atoms with E-state index in [1.54, 1.807) is 0 Å². The van der Waals surface area contributed by atoms with Crippen LogP contribution in [-0.4, -0.2) is 5.78 Å². The SMILES string of the molecule is CC(C(=O)C(C)c1c(Cl)ccc2ccccc12)c1c(Cl)ccc2ccccc12. The third-order valence-corrected chi connectivity index (χ3v) is 6.21. The summed E-state index contributed by atoms with van der Waals surface area (Å²) in [5.74, 6) is -0.580. The zero-order valence-corrected chi connectivity index (χ0v) is 17.3. The van der Waals surface area contributed by atoms with Crippen molar-refractivity contribution in [1.82, 2.24) is 0 Å². The third-order valence-electron chi connectivity index (χ3n) is 5.55. The molecule has 4 aromatic rings. The molecule has 0 amide bonds. The van der Waals surface area contributed by atoms with Gasteiger partial charge in [-0.25, -0.2) is 0 Å². The second-order valence-corrected chi connectivity index (χ2v) is 8.02. The van der Waals surface area contributed by atoms with Gasteiger partial charge in [0.05, 0.1) is 0 Å². The van der Waals surface area contributed by atoms with Crippen LogP contribution in [0.2, 0.25) is 10.0 Å². The molecule has 0 spiro atoms. The van der Waals surface area contributed by atoms with E-state index in [2.05, 4.69) is 0 Å². The van der Waals surface area contributed by atoms with Crippen LogP contribution in [0.1, 0.15) is 36.8 Å². The molecule has 0 aromatic heterocycles. The third kappa shape index (κ3) is 3.19. The number of carbonyl (C=O) groups is 1. The summed E-state index contributed by atoms with van der Waals surface area (Å²) in [5.41, 5.74) is 1.76. The first kappa shape index (κ1) is 19.0. The molecular weight excluding hydrogens is 387 g/mol. The summed E-state index contributed by atoms with van der Waals surface area (Å²) in [6, 6.07) is 23.8. The molecule has 0 heterocycles. The second kappa shape index (κ2) is 7.58. The van der Waals surface area contributed by atoms with Gasteiger partial charge in [-0.3, -0.25) is 4.79 Å². The highest BCUT2D eigenvalue weighted by Crippen LogP contribution is 2.39. The number of ketones is 1. The molecule has 4 aromatic carbocycles. The molecule has 3 heteroatoms. The molecule has 140 valence electrons. The van der Waals surface area contributed by atoms with E-state index in [4.69, 9.17) is 23.2 Å². The van der Waals surface area contributed by atoms with E-state index in [-0.39, 0.29) is 17.6 Å². The van der Waals surface area contributed by atoms with Crippen LogP contribution in [0.15, 0.2) is 72.8 Å². The molecule has 0 aliphatic carbocycles. The summed E-state index contributed by atoms with van der Waals surface area (Å²) in [6.07, 6.45) is 0. The van der Waals surface area contributed by atoms with Gasteiger partial charge in [0.1, 0.15) is 5.78 Å². The zero-order valence-electron chi connectivity index (χ0n) is 15.7. The van der Waals surface area contributed by atoms with Gasteiger partial charge in [-0.15, -0.1) is 0 Å². The van der Waals surface area contributed by atoms with Crippen LogP contribution in [0.4, 0.5) is 0 Å². The fourth-order valence-corrected chi connectivity index (χ4v) is 4.73. The minimum absolute atomic E-state index is 0.108. The average molecular weight is 407 g/mol. The molecule has 2 atom stereocenters. The molecular formula is C25H20Cl2O. The maximum absolute atomic E-state index is 13.5. The summed E-state index contributed by atoms with van der Waals surface area (Å²) in [5, 5.41) is 5.44. The monoisotopic (exact) mass is 406 g/mol. The Labute approximate surface area is 174 Å². The van der Waals surface area contributed by atoms with Crippen LogP contribution in [0.5, 0.6) is 0 Å². The van der Waals surface area contributed by atoms with Crippen molar-refractivity contribution in [3.63, 3.8) is 0 Å². The van der Waals surface area contributed by atoms with E-state index >= 15 is 0 Å². The van der Waals surface area contributed by atoms with E-state index in [1.165, 1.54) is 0 Å². The lowest BCUT2D eigenvalue weighted by Crippen LogP contribution is -2.18. The first-order chi connectivity index (χ1) is 13.5. The molecule has 4 rings (SSSR count). The van der Waals surface area contributed by atoms with Gasteiger partial charge >= 0.3 is 0 Å². The van der Waals surface area contributed by atoms with Crippen molar-refractivity contribution < 1.29 is 4.79 Å². The first-order valence-corrected chi connectivity index (χ1v) is 10.1. The number of hydrogen-bond donors (Lipinski definition) is 0. The normalized spacial score (nSPS) is 13.6. The second-order valence-electron chi connectivity index (χ2n) is 7.21. The van der Waals surface area contributed by atoms with Crippen LogP contribution >= 0.6 is 23.2 Å². The lowest BCUT2D eigenvalue weighted by atomic mass is 9.82. The van der Waals surface area contributed by atoms with Crippen LogP contribution < -0.4 is 0 Å². The summed E-state index contributed by atoms with van der Waals surface area (Å²) in [7, 11) is 0. The Morgan fingerprint density at radius 2 is 1.04 bits per heavy atom. The molecule has 0 saturated carbocycles. The maximum Gasteiger partial charge on any atom is 0.147 e. The minimum atomic E-state index is -0.344. The van der Waals surface area contributed by atoms with E-state index in [0.29, 0.717) is 10.0 Å². The lowest BCUT2D eigenvalue weighted by molar-refractivity contribution is -0.121. The summed E-state index contributed by atoms with van der Waals surface area (Å²) >= 11 is 13.1. The molecule has 0 N–H and O–H groups in total. The fraction of sp³-hybridized carbons (Fsp3) is 0.160. The predicted octanol–water partition coefficient (Wildman–Crippen LogP) is 7.78. The Kier molecular flexibility index (Phi) is 5.14. The Morgan fingerprint density at radius 1 is 0.643 bits per heavy atom. The van der Waals surface area contributed by atoms with Gasteiger partial charge in [0.25, 0.3) is 0 Å². The van der Waals surface area contributed by atoms with Crippen LogP contribution in [0.3, 0.4) is 0 Å². The Bertz CT molecular complexity index is 1100. The summed E-state index contributed by atoms with van der Waals surface area (Å²) in [4.78, 5) is 13.5. The molecule has 0 saturated heterocycles. The highest BCUT2D eigenvalue weighted by atomic mass is 35.5. The van der Waals surface area contributed by atoms with Crippen LogP contribution in [0, 0.1) is 0 Å². The molecule has 0 fully saturated rings. The zero-order chi connectivity index (χ0) is 19.8. The average Bonchev–Trinajstić information content (AvgIpc) is 2.72. The summed E-state index contributed by atoms with van der Waals surface area (Å²) < 4.78 is 0. The molecule has 28 heavy (non-hydrogen) atoms. The number of rotatable bonds is 4. The van der Waals surface area contributed by atoms with Crippen molar-refractivity contribution in [1.29, 1.82) is 0 Å². The number of fused-ring (bicyclic) bond motifs is 2. The first-order valence-electron chi connectivity index (χ1n) is 9.37. The number of halogens is 2. The van der Waals surface area contributed by atoms with Gasteiger partial charge in [0, 0.05) is 21.9 Å². The minimum Gasteiger partial charge on any atom is -0.298 e.